The average molecular weight is 621 g/mol. The fraction of sp³-hybridized carbons (Fsp3) is 0.129. The Labute approximate surface area is 254 Å². The van der Waals surface area contributed by atoms with Gasteiger partial charge in [-0.05, 0) is 65.7 Å². The summed E-state index contributed by atoms with van der Waals surface area (Å²) in [7, 11) is -2.78. The molecule has 2 amide bonds. The Balaban J connectivity index is 1.36. The van der Waals surface area contributed by atoms with E-state index < -0.39 is 22.5 Å². The molecule has 10 nitrogen and oxygen atoms in total. The number of halogens is 1. The minimum absolute atomic E-state index is 0.00989. The molecule has 0 saturated carbocycles. The van der Waals surface area contributed by atoms with Crippen LogP contribution in [0.15, 0.2) is 113 Å². The summed E-state index contributed by atoms with van der Waals surface area (Å²) in [5, 5.41) is 7.01. The highest BCUT2D eigenvalue weighted by Crippen LogP contribution is 2.34. The number of amides is 2. The smallest absolute Gasteiger partial charge is 0.264 e. The van der Waals surface area contributed by atoms with Crippen molar-refractivity contribution < 1.29 is 27.5 Å². The van der Waals surface area contributed by atoms with Crippen LogP contribution in [-0.4, -0.2) is 46.7 Å². The fourth-order valence-electron chi connectivity index (χ4n) is 3.87. The lowest BCUT2D eigenvalue weighted by atomic mass is 10.2. The van der Waals surface area contributed by atoms with Gasteiger partial charge in [-0.3, -0.25) is 13.9 Å². The quantitative estimate of drug-likeness (QED) is 0.169. The van der Waals surface area contributed by atoms with Crippen molar-refractivity contribution in [3.63, 3.8) is 0 Å². The van der Waals surface area contributed by atoms with Crippen LogP contribution in [0.3, 0.4) is 0 Å². The van der Waals surface area contributed by atoms with E-state index in [4.69, 9.17) is 21.1 Å². The Morgan fingerprint density at radius 3 is 2.26 bits per heavy atom. The molecular weight excluding hydrogens is 592 g/mol. The lowest BCUT2D eigenvalue weighted by Crippen LogP contribution is -2.39. The first-order chi connectivity index (χ1) is 20.8. The Hall–Kier alpha value is -4.87. The number of rotatable bonds is 13. The van der Waals surface area contributed by atoms with Crippen LogP contribution in [0.1, 0.15) is 11.1 Å². The molecule has 0 aliphatic heterocycles. The first kappa shape index (κ1) is 31.1. The highest BCUT2D eigenvalue weighted by atomic mass is 35.5. The highest BCUT2D eigenvalue weighted by molar-refractivity contribution is 7.92. The second kappa shape index (κ2) is 14.9. The van der Waals surface area contributed by atoms with E-state index in [1.165, 1.54) is 37.6 Å². The van der Waals surface area contributed by atoms with E-state index >= 15 is 0 Å². The molecule has 0 bridgehead atoms. The Morgan fingerprint density at radius 1 is 0.907 bits per heavy atom. The maximum Gasteiger partial charge on any atom is 0.264 e. The van der Waals surface area contributed by atoms with Gasteiger partial charge in [0, 0.05) is 11.6 Å². The monoisotopic (exact) mass is 620 g/mol. The molecule has 4 aromatic rings. The van der Waals surface area contributed by atoms with Crippen LogP contribution in [-0.2, 0) is 26.2 Å². The van der Waals surface area contributed by atoms with E-state index in [9.17, 15) is 18.0 Å². The standard InChI is InChI=1S/C31H29ClN4O6S/c1-41-29-17-14-25(32)18-28(29)36(43(39,40)27-10-6-3-7-11-27)21-30(37)35-34-20-24-12-15-26(16-13-24)42-22-31(38)33-19-23-8-4-2-5-9-23/h2-18,20H,19,21-22H2,1H3,(H,33,38)(H,35,37)/b34-20-. The van der Waals surface area contributed by atoms with Crippen molar-refractivity contribution in [2.24, 2.45) is 5.10 Å². The molecule has 0 spiro atoms. The third-order valence-electron chi connectivity index (χ3n) is 6.01. The highest BCUT2D eigenvalue weighted by Gasteiger charge is 2.29. The van der Waals surface area contributed by atoms with Gasteiger partial charge in [0.25, 0.3) is 21.8 Å². The molecule has 0 atom stereocenters. The van der Waals surface area contributed by atoms with Crippen LogP contribution in [0.4, 0.5) is 5.69 Å². The number of carbonyl (C=O) groups excluding carboxylic acids is 2. The maximum absolute atomic E-state index is 13.5. The van der Waals surface area contributed by atoms with Crippen LogP contribution in [0.5, 0.6) is 11.5 Å². The number of nitrogens with zero attached hydrogens (tertiary/aromatic N) is 2. The van der Waals surface area contributed by atoms with Crippen molar-refractivity contribution in [1.29, 1.82) is 0 Å². The van der Waals surface area contributed by atoms with Gasteiger partial charge in [-0.1, -0.05) is 60.1 Å². The zero-order valence-electron chi connectivity index (χ0n) is 23.1. The first-order valence-electron chi connectivity index (χ1n) is 13.0. The molecule has 0 saturated heterocycles. The zero-order chi connectivity index (χ0) is 30.7. The summed E-state index contributed by atoms with van der Waals surface area (Å²) < 4.78 is 38.9. The Kier molecular flexibility index (Phi) is 10.7. The number of nitrogens with one attached hydrogen (secondary N) is 2. The number of carbonyl (C=O) groups is 2. The van der Waals surface area contributed by atoms with Gasteiger partial charge in [0.1, 0.15) is 18.0 Å². The molecule has 0 fully saturated rings. The second-order valence-electron chi connectivity index (χ2n) is 9.05. The summed E-state index contributed by atoms with van der Waals surface area (Å²) in [5.74, 6) is -0.250. The number of benzene rings is 4. The SMILES string of the molecule is COc1ccc(Cl)cc1N(CC(=O)N/N=C\c1ccc(OCC(=O)NCc2ccccc2)cc1)S(=O)(=O)c1ccccc1. The molecular formula is C31H29ClN4O6S. The summed E-state index contributed by atoms with van der Waals surface area (Å²) >= 11 is 6.16. The van der Waals surface area contributed by atoms with Crippen LogP contribution >= 0.6 is 11.6 Å². The number of sulfonamides is 1. The third kappa shape index (κ3) is 8.81. The topological polar surface area (TPSA) is 126 Å². The zero-order valence-corrected chi connectivity index (χ0v) is 24.7. The molecule has 4 rings (SSSR count). The molecule has 0 unspecified atom stereocenters. The first-order valence-corrected chi connectivity index (χ1v) is 14.8. The number of hydrogen-bond acceptors (Lipinski definition) is 7. The van der Waals surface area contributed by atoms with Crippen molar-refractivity contribution >= 4 is 45.3 Å². The summed E-state index contributed by atoms with van der Waals surface area (Å²) in [6.45, 7) is -0.326. The van der Waals surface area contributed by atoms with Crippen molar-refractivity contribution in [2.75, 3.05) is 24.6 Å². The summed E-state index contributed by atoms with van der Waals surface area (Å²) in [4.78, 5) is 24.9. The van der Waals surface area contributed by atoms with Gasteiger partial charge in [-0.15, -0.1) is 0 Å². The van der Waals surface area contributed by atoms with Gasteiger partial charge in [-0.25, -0.2) is 13.8 Å². The summed E-state index contributed by atoms with van der Waals surface area (Å²) in [6, 6.07) is 28.5. The van der Waals surface area contributed by atoms with Crippen LogP contribution in [0, 0.1) is 0 Å². The van der Waals surface area contributed by atoms with Crippen molar-refractivity contribution in [3.05, 3.63) is 119 Å². The molecule has 0 aromatic heterocycles. The summed E-state index contributed by atoms with van der Waals surface area (Å²) in [6.07, 6.45) is 1.39. The molecule has 0 aliphatic carbocycles. The van der Waals surface area contributed by atoms with Gasteiger partial charge < -0.3 is 14.8 Å². The van der Waals surface area contributed by atoms with Gasteiger partial charge in [0.2, 0.25) is 0 Å². The Morgan fingerprint density at radius 2 is 1.58 bits per heavy atom. The third-order valence-corrected chi connectivity index (χ3v) is 8.02. The van der Waals surface area contributed by atoms with Gasteiger partial charge in [-0.2, -0.15) is 5.10 Å². The van der Waals surface area contributed by atoms with E-state index in [0.717, 1.165) is 9.87 Å². The molecule has 0 radical (unpaired) electrons. The molecule has 2 N–H and O–H groups in total. The largest absolute Gasteiger partial charge is 0.495 e. The van der Waals surface area contributed by atoms with Crippen molar-refractivity contribution in [2.45, 2.75) is 11.4 Å². The van der Waals surface area contributed by atoms with E-state index in [0.29, 0.717) is 17.9 Å². The lowest BCUT2D eigenvalue weighted by Gasteiger charge is -2.25. The number of anilines is 1. The lowest BCUT2D eigenvalue weighted by molar-refractivity contribution is -0.123. The maximum atomic E-state index is 13.5. The Bertz CT molecular complexity index is 1670. The van der Waals surface area contributed by atoms with E-state index in [1.807, 2.05) is 30.3 Å². The predicted octanol–water partition coefficient (Wildman–Crippen LogP) is 4.39. The van der Waals surface area contributed by atoms with Gasteiger partial charge in [0.15, 0.2) is 6.61 Å². The van der Waals surface area contributed by atoms with E-state index in [-0.39, 0.29) is 33.9 Å². The minimum atomic E-state index is -4.17. The van der Waals surface area contributed by atoms with Crippen LogP contribution in [0.25, 0.3) is 0 Å². The van der Waals surface area contributed by atoms with E-state index in [2.05, 4.69) is 15.8 Å². The number of ether oxygens (including phenoxy) is 2. The number of methoxy groups -OCH3 is 1. The fourth-order valence-corrected chi connectivity index (χ4v) is 5.48. The molecule has 222 valence electrons. The predicted molar refractivity (Wildman–Crippen MR) is 165 cm³/mol. The van der Waals surface area contributed by atoms with Crippen molar-refractivity contribution in [1.82, 2.24) is 10.7 Å². The minimum Gasteiger partial charge on any atom is -0.495 e. The molecule has 0 aliphatic rings. The summed E-state index contributed by atoms with van der Waals surface area (Å²) in [5.41, 5.74) is 4.07. The normalized spacial score (nSPS) is 11.1. The average Bonchev–Trinajstić information content (AvgIpc) is 3.03. The number of hydrazone groups is 1. The molecule has 43 heavy (non-hydrogen) atoms. The molecule has 4 aromatic carbocycles. The van der Waals surface area contributed by atoms with Crippen LogP contribution in [0.2, 0.25) is 5.02 Å². The molecule has 0 heterocycles. The van der Waals surface area contributed by atoms with Gasteiger partial charge in [0.05, 0.1) is 23.9 Å². The number of hydrogen-bond donors (Lipinski definition) is 2. The second-order valence-corrected chi connectivity index (χ2v) is 11.4. The van der Waals surface area contributed by atoms with E-state index in [1.54, 1.807) is 48.5 Å². The van der Waals surface area contributed by atoms with Crippen LogP contribution < -0.4 is 24.5 Å². The van der Waals surface area contributed by atoms with Gasteiger partial charge >= 0.3 is 0 Å². The van der Waals surface area contributed by atoms with Crippen molar-refractivity contribution in [3.8, 4) is 11.5 Å². The molecule has 12 heteroatoms.